The lowest BCUT2D eigenvalue weighted by atomic mass is 10.2. The largest absolute Gasteiger partial charge is 0.486 e. The van der Waals surface area contributed by atoms with Crippen LogP contribution in [0.3, 0.4) is 0 Å². The van der Waals surface area contributed by atoms with Crippen molar-refractivity contribution < 1.29 is 27.1 Å². The molecule has 2 heterocycles. The van der Waals surface area contributed by atoms with E-state index >= 15 is 0 Å². The number of rotatable bonds is 5. The van der Waals surface area contributed by atoms with Gasteiger partial charge in [-0.05, 0) is 36.4 Å². The molecule has 0 aliphatic carbocycles. The monoisotopic (exact) mass is 415 g/mol. The SMILES string of the molecule is CCS(=O)(=O)c1cccc(C(=O)Nc2nnc(-c3ccc4c(c3)OCCO4)o2)c1. The first kappa shape index (κ1) is 18.9. The van der Waals surface area contributed by atoms with Crippen LogP contribution < -0.4 is 14.8 Å². The summed E-state index contributed by atoms with van der Waals surface area (Å²) in [4.78, 5) is 12.5. The van der Waals surface area contributed by atoms with Gasteiger partial charge >= 0.3 is 6.01 Å². The number of anilines is 1. The lowest BCUT2D eigenvalue weighted by Crippen LogP contribution is -2.15. The maximum atomic E-state index is 12.4. The second-order valence-corrected chi connectivity index (χ2v) is 8.43. The Morgan fingerprint density at radius 3 is 2.66 bits per heavy atom. The summed E-state index contributed by atoms with van der Waals surface area (Å²) in [5.74, 6) is 0.789. The van der Waals surface area contributed by atoms with E-state index in [0.29, 0.717) is 30.3 Å². The predicted molar refractivity (Wildman–Crippen MR) is 103 cm³/mol. The van der Waals surface area contributed by atoms with Crippen molar-refractivity contribution in [3.63, 3.8) is 0 Å². The van der Waals surface area contributed by atoms with Crippen molar-refractivity contribution in [2.24, 2.45) is 0 Å². The maximum Gasteiger partial charge on any atom is 0.322 e. The van der Waals surface area contributed by atoms with Crippen molar-refractivity contribution in [1.29, 1.82) is 0 Å². The van der Waals surface area contributed by atoms with Crippen LogP contribution in [0.15, 0.2) is 51.8 Å². The Labute approximate surface area is 166 Å². The number of carbonyl (C=O) groups is 1. The van der Waals surface area contributed by atoms with E-state index in [2.05, 4.69) is 15.5 Å². The summed E-state index contributed by atoms with van der Waals surface area (Å²) >= 11 is 0. The van der Waals surface area contributed by atoms with Gasteiger partial charge in [-0.25, -0.2) is 8.42 Å². The molecule has 0 atom stereocenters. The highest BCUT2D eigenvalue weighted by molar-refractivity contribution is 7.91. The molecule has 0 fully saturated rings. The number of ether oxygens (including phenoxy) is 2. The van der Waals surface area contributed by atoms with Gasteiger partial charge < -0.3 is 13.9 Å². The van der Waals surface area contributed by atoms with Gasteiger partial charge in [-0.1, -0.05) is 18.1 Å². The lowest BCUT2D eigenvalue weighted by molar-refractivity contribution is 0.102. The molecule has 2 aromatic carbocycles. The highest BCUT2D eigenvalue weighted by Gasteiger charge is 2.18. The first-order valence-electron chi connectivity index (χ1n) is 8.84. The normalized spacial score (nSPS) is 13.1. The molecule has 0 bridgehead atoms. The minimum absolute atomic E-state index is 0.0549. The van der Waals surface area contributed by atoms with Crippen LogP contribution in [0.5, 0.6) is 11.5 Å². The molecular formula is C19H17N3O6S. The van der Waals surface area contributed by atoms with Crippen LogP contribution in [0.2, 0.25) is 0 Å². The summed E-state index contributed by atoms with van der Waals surface area (Å²) in [5.41, 5.74) is 0.775. The highest BCUT2D eigenvalue weighted by Crippen LogP contribution is 2.34. The molecule has 9 nitrogen and oxygen atoms in total. The zero-order chi connectivity index (χ0) is 20.4. The third-order valence-corrected chi connectivity index (χ3v) is 6.00. The van der Waals surface area contributed by atoms with Crippen LogP contribution in [0.4, 0.5) is 6.01 Å². The standard InChI is InChI=1S/C19H17N3O6S/c1-2-29(24,25)14-5-3-4-12(10-14)17(23)20-19-22-21-18(28-19)13-6-7-15-16(11-13)27-9-8-26-15/h3-7,10-11H,2,8-9H2,1H3,(H,20,22,23). The minimum Gasteiger partial charge on any atom is -0.486 e. The number of fused-ring (bicyclic) bond motifs is 1. The Bertz CT molecular complexity index is 1170. The zero-order valence-electron chi connectivity index (χ0n) is 15.4. The Morgan fingerprint density at radius 2 is 1.86 bits per heavy atom. The summed E-state index contributed by atoms with van der Waals surface area (Å²) < 4.78 is 40.5. The molecular weight excluding hydrogens is 398 g/mol. The number of carbonyl (C=O) groups excluding carboxylic acids is 1. The Kier molecular flexibility index (Phi) is 4.93. The van der Waals surface area contributed by atoms with Crippen LogP contribution >= 0.6 is 0 Å². The second-order valence-electron chi connectivity index (χ2n) is 6.16. The number of sulfone groups is 1. The highest BCUT2D eigenvalue weighted by atomic mass is 32.2. The molecule has 10 heteroatoms. The third kappa shape index (κ3) is 3.92. The van der Waals surface area contributed by atoms with Gasteiger partial charge in [0.05, 0.1) is 10.6 Å². The van der Waals surface area contributed by atoms with Gasteiger partial charge in [0, 0.05) is 11.1 Å². The Balaban J connectivity index is 1.52. The Hall–Kier alpha value is -3.40. The van der Waals surface area contributed by atoms with Gasteiger partial charge in [0.2, 0.25) is 5.89 Å². The number of nitrogens with zero attached hydrogens (tertiary/aromatic N) is 2. The molecule has 1 aliphatic rings. The van der Waals surface area contributed by atoms with E-state index in [1.807, 2.05) is 0 Å². The number of amides is 1. The molecule has 0 radical (unpaired) electrons. The van der Waals surface area contributed by atoms with E-state index in [4.69, 9.17) is 13.9 Å². The summed E-state index contributed by atoms with van der Waals surface area (Å²) in [6, 6.07) is 10.9. The number of hydrogen-bond acceptors (Lipinski definition) is 8. The fraction of sp³-hybridized carbons (Fsp3) is 0.211. The van der Waals surface area contributed by atoms with Gasteiger partial charge in [-0.3, -0.25) is 10.1 Å². The van der Waals surface area contributed by atoms with E-state index in [-0.39, 0.29) is 28.1 Å². The van der Waals surface area contributed by atoms with Crippen LogP contribution in [0.1, 0.15) is 17.3 Å². The van der Waals surface area contributed by atoms with Crippen molar-refractivity contribution in [3.05, 3.63) is 48.0 Å². The van der Waals surface area contributed by atoms with Gasteiger partial charge in [0.1, 0.15) is 13.2 Å². The average Bonchev–Trinajstić information content (AvgIpc) is 3.22. The van der Waals surface area contributed by atoms with Gasteiger partial charge in [0.25, 0.3) is 5.91 Å². The van der Waals surface area contributed by atoms with E-state index in [0.717, 1.165) is 0 Å². The number of benzene rings is 2. The topological polar surface area (TPSA) is 121 Å². The Morgan fingerprint density at radius 1 is 1.07 bits per heavy atom. The number of hydrogen-bond donors (Lipinski definition) is 1. The van der Waals surface area contributed by atoms with E-state index < -0.39 is 15.7 Å². The molecule has 29 heavy (non-hydrogen) atoms. The predicted octanol–water partition coefficient (Wildman–Crippen LogP) is 2.55. The first-order valence-corrected chi connectivity index (χ1v) is 10.5. The first-order chi connectivity index (χ1) is 14.0. The molecule has 150 valence electrons. The van der Waals surface area contributed by atoms with Crippen molar-refractivity contribution in [2.45, 2.75) is 11.8 Å². The molecule has 1 aliphatic heterocycles. The quantitative estimate of drug-likeness (QED) is 0.675. The number of aromatic nitrogens is 2. The van der Waals surface area contributed by atoms with Gasteiger partial charge in [-0.15, -0.1) is 5.10 Å². The molecule has 1 N–H and O–H groups in total. The summed E-state index contributed by atoms with van der Waals surface area (Å²) in [7, 11) is -3.42. The molecule has 1 aromatic heterocycles. The molecule has 0 unspecified atom stereocenters. The molecule has 0 spiro atoms. The lowest BCUT2D eigenvalue weighted by Gasteiger charge is -2.18. The van der Waals surface area contributed by atoms with Crippen LogP contribution in [-0.2, 0) is 9.84 Å². The summed E-state index contributed by atoms with van der Waals surface area (Å²) in [6.45, 7) is 2.48. The maximum absolute atomic E-state index is 12.4. The minimum atomic E-state index is -3.42. The second kappa shape index (κ2) is 7.55. The molecule has 1 amide bonds. The van der Waals surface area contributed by atoms with Gasteiger partial charge in [0.15, 0.2) is 21.3 Å². The fourth-order valence-corrected chi connectivity index (χ4v) is 3.66. The molecule has 0 saturated carbocycles. The van der Waals surface area contributed by atoms with Crippen LogP contribution in [-0.4, -0.2) is 43.5 Å². The smallest absolute Gasteiger partial charge is 0.322 e. The van der Waals surface area contributed by atoms with Crippen molar-refractivity contribution in [1.82, 2.24) is 10.2 Å². The van der Waals surface area contributed by atoms with Crippen LogP contribution in [0.25, 0.3) is 11.5 Å². The third-order valence-electron chi connectivity index (χ3n) is 4.27. The average molecular weight is 415 g/mol. The van der Waals surface area contributed by atoms with Crippen LogP contribution in [0, 0.1) is 0 Å². The van der Waals surface area contributed by atoms with E-state index in [9.17, 15) is 13.2 Å². The zero-order valence-corrected chi connectivity index (χ0v) is 16.2. The summed E-state index contributed by atoms with van der Waals surface area (Å²) in [6.07, 6.45) is 0. The molecule has 4 rings (SSSR count). The van der Waals surface area contributed by atoms with E-state index in [1.165, 1.54) is 24.3 Å². The molecule has 3 aromatic rings. The van der Waals surface area contributed by atoms with Crippen molar-refractivity contribution in [3.8, 4) is 23.0 Å². The van der Waals surface area contributed by atoms with Gasteiger partial charge in [-0.2, -0.15) is 0 Å². The number of nitrogens with one attached hydrogen (secondary N) is 1. The van der Waals surface area contributed by atoms with Crippen molar-refractivity contribution in [2.75, 3.05) is 24.3 Å². The van der Waals surface area contributed by atoms with E-state index in [1.54, 1.807) is 25.1 Å². The summed E-state index contributed by atoms with van der Waals surface area (Å²) in [5, 5.41) is 10.2. The fourth-order valence-electron chi connectivity index (χ4n) is 2.73. The van der Waals surface area contributed by atoms with Crippen molar-refractivity contribution >= 4 is 21.8 Å². The molecule has 0 saturated heterocycles.